The third kappa shape index (κ3) is 2.10. The van der Waals surface area contributed by atoms with Crippen molar-refractivity contribution in [3.63, 3.8) is 0 Å². The number of allylic oxidation sites excluding steroid dienone is 1. The van der Waals surface area contributed by atoms with Gasteiger partial charge in [0.2, 0.25) is 0 Å². The number of hydrazine groups is 1. The second-order valence-electron chi connectivity index (χ2n) is 4.14. The maximum atomic E-state index is 11.5. The van der Waals surface area contributed by atoms with Crippen molar-refractivity contribution in [3.05, 3.63) is 11.6 Å². The minimum Gasteiger partial charge on any atom is -0.274 e. The molecule has 3 heteroatoms. The van der Waals surface area contributed by atoms with Crippen LogP contribution < -0.4 is 5.84 Å². The number of carbonyl (C=O) groups excluding carboxylic acids is 1. The minimum absolute atomic E-state index is 0.0214. The predicted octanol–water partition coefficient (Wildman–Crippen LogP) is 1.21. The molecule has 0 bridgehead atoms. The SMILES string of the molecule is C/C(=C\C(=O)N(N)C1CC1)C1CC1. The van der Waals surface area contributed by atoms with Crippen LogP contribution in [0.2, 0.25) is 0 Å². The molecule has 3 nitrogen and oxygen atoms in total. The molecule has 2 aliphatic rings. The normalized spacial score (nSPS) is 23.1. The summed E-state index contributed by atoms with van der Waals surface area (Å²) in [4.78, 5) is 11.5. The van der Waals surface area contributed by atoms with E-state index in [4.69, 9.17) is 5.84 Å². The van der Waals surface area contributed by atoms with Crippen LogP contribution in [-0.2, 0) is 4.79 Å². The lowest BCUT2D eigenvalue weighted by Crippen LogP contribution is -2.38. The van der Waals surface area contributed by atoms with Crippen LogP contribution in [0.1, 0.15) is 32.6 Å². The van der Waals surface area contributed by atoms with Crippen molar-refractivity contribution >= 4 is 5.91 Å². The summed E-state index contributed by atoms with van der Waals surface area (Å²) in [5.74, 6) is 6.27. The van der Waals surface area contributed by atoms with Gasteiger partial charge in [-0.15, -0.1) is 0 Å². The first-order valence-electron chi connectivity index (χ1n) is 4.94. The quantitative estimate of drug-likeness (QED) is 0.307. The number of nitrogens with zero attached hydrogens (tertiary/aromatic N) is 1. The molecule has 0 atom stereocenters. The fourth-order valence-electron chi connectivity index (χ4n) is 1.46. The van der Waals surface area contributed by atoms with Gasteiger partial charge in [0.05, 0.1) is 0 Å². The van der Waals surface area contributed by atoms with Gasteiger partial charge in [-0.2, -0.15) is 0 Å². The predicted molar refractivity (Wildman–Crippen MR) is 50.5 cm³/mol. The molecule has 1 amide bonds. The molecule has 2 N–H and O–H groups in total. The highest BCUT2D eigenvalue weighted by molar-refractivity contribution is 5.88. The molecule has 0 unspecified atom stereocenters. The third-order valence-electron chi connectivity index (χ3n) is 2.77. The fraction of sp³-hybridized carbons (Fsp3) is 0.700. The van der Waals surface area contributed by atoms with Crippen LogP contribution in [-0.4, -0.2) is 17.0 Å². The molecule has 2 saturated carbocycles. The average Bonchev–Trinajstić information content (AvgIpc) is 2.92. The fourth-order valence-corrected chi connectivity index (χ4v) is 1.46. The Kier molecular flexibility index (Phi) is 2.12. The number of amides is 1. The molecular weight excluding hydrogens is 164 g/mol. The highest BCUT2D eigenvalue weighted by atomic mass is 16.2. The van der Waals surface area contributed by atoms with Gasteiger partial charge in [-0.3, -0.25) is 9.80 Å². The summed E-state index contributed by atoms with van der Waals surface area (Å²) >= 11 is 0. The Balaban J connectivity index is 1.91. The molecule has 72 valence electrons. The van der Waals surface area contributed by atoms with E-state index in [1.54, 1.807) is 6.08 Å². The maximum Gasteiger partial charge on any atom is 0.260 e. The van der Waals surface area contributed by atoms with Crippen LogP contribution in [0.15, 0.2) is 11.6 Å². The molecule has 13 heavy (non-hydrogen) atoms. The van der Waals surface area contributed by atoms with E-state index in [1.165, 1.54) is 23.4 Å². The zero-order valence-electron chi connectivity index (χ0n) is 7.99. The van der Waals surface area contributed by atoms with E-state index >= 15 is 0 Å². The highest BCUT2D eigenvalue weighted by Crippen LogP contribution is 2.36. The highest BCUT2D eigenvalue weighted by Gasteiger charge is 2.30. The van der Waals surface area contributed by atoms with Crippen LogP contribution in [0.4, 0.5) is 0 Å². The van der Waals surface area contributed by atoms with Gasteiger partial charge >= 0.3 is 0 Å². The van der Waals surface area contributed by atoms with Crippen molar-refractivity contribution in [2.24, 2.45) is 11.8 Å². The van der Waals surface area contributed by atoms with Crippen LogP contribution in [0.5, 0.6) is 0 Å². The Morgan fingerprint density at radius 3 is 2.46 bits per heavy atom. The van der Waals surface area contributed by atoms with Crippen molar-refractivity contribution in [2.45, 2.75) is 38.6 Å². The van der Waals surface area contributed by atoms with Crippen LogP contribution in [0, 0.1) is 5.92 Å². The average molecular weight is 180 g/mol. The Hall–Kier alpha value is -0.830. The van der Waals surface area contributed by atoms with Crippen molar-refractivity contribution in [1.29, 1.82) is 0 Å². The van der Waals surface area contributed by atoms with Crippen molar-refractivity contribution in [2.75, 3.05) is 0 Å². The zero-order valence-corrected chi connectivity index (χ0v) is 7.99. The smallest absolute Gasteiger partial charge is 0.260 e. The first-order valence-corrected chi connectivity index (χ1v) is 4.94. The Labute approximate surface area is 78.6 Å². The van der Waals surface area contributed by atoms with Crippen molar-refractivity contribution in [1.82, 2.24) is 5.01 Å². The maximum absolute atomic E-state index is 11.5. The zero-order chi connectivity index (χ0) is 9.42. The molecule has 0 aromatic heterocycles. The molecule has 0 saturated heterocycles. The minimum atomic E-state index is -0.0214. The van der Waals surface area contributed by atoms with Gasteiger partial charge in [0.15, 0.2) is 0 Å². The number of nitrogens with two attached hydrogens (primary N) is 1. The second-order valence-corrected chi connectivity index (χ2v) is 4.14. The molecular formula is C10H16N2O. The summed E-state index contributed by atoms with van der Waals surface area (Å²) in [5.41, 5.74) is 1.20. The lowest BCUT2D eigenvalue weighted by atomic mass is 10.2. The van der Waals surface area contributed by atoms with Crippen LogP contribution in [0.3, 0.4) is 0 Å². The molecule has 2 aliphatic carbocycles. The molecule has 2 fully saturated rings. The Bertz CT molecular complexity index is 252. The summed E-state index contributed by atoms with van der Waals surface area (Å²) in [6.45, 7) is 2.02. The number of rotatable bonds is 3. The Morgan fingerprint density at radius 1 is 1.38 bits per heavy atom. The monoisotopic (exact) mass is 180 g/mol. The van der Waals surface area contributed by atoms with E-state index < -0.39 is 0 Å². The molecule has 0 aromatic carbocycles. The van der Waals surface area contributed by atoms with Crippen LogP contribution in [0.25, 0.3) is 0 Å². The third-order valence-corrected chi connectivity index (χ3v) is 2.77. The van der Waals surface area contributed by atoms with E-state index in [2.05, 4.69) is 0 Å². The molecule has 0 spiro atoms. The van der Waals surface area contributed by atoms with E-state index in [0.29, 0.717) is 12.0 Å². The molecule has 0 heterocycles. The molecule has 0 aromatic rings. The summed E-state index contributed by atoms with van der Waals surface area (Å²) in [7, 11) is 0. The number of hydrogen-bond acceptors (Lipinski definition) is 2. The van der Waals surface area contributed by atoms with Gasteiger partial charge < -0.3 is 0 Å². The lowest BCUT2D eigenvalue weighted by Gasteiger charge is -2.13. The van der Waals surface area contributed by atoms with Gasteiger partial charge in [0.1, 0.15) is 0 Å². The first kappa shape index (κ1) is 8.75. The summed E-state index contributed by atoms with van der Waals surface area (Å²) < 4.78 is 0. The topological polar surface area (TPSA) is 46.3 Å². The largest absolute Gasteiger partial charge is 0.274 e. The first-order chi connectivity index (χ1) is 6.18. The van der Waals surface area contributed by atoms with Gasteiger partial charge in [0, 0.05) is 12.1 Å². The summed E-state index contributed by atoms with van der Waals surface area (Å²) in [6, 6.07) is 0.316. The van der Waals surface area contributed by atoms with Crippen LogP contribution >= 0.6 is 0 Å². The number of hydrogen-bond donors (Lipinski definition) is 1. The van der Waals surface area contributed by atoms with Crippen molar-refractivity contribution in [3.8, 4) is 0 Å². The molecule has 0 radical (unpaired) electrons. The van der Waals surface area contributed by atoms with Gasteiger partial charge in [-0.25, -0.2) is 5.84 Å². The van der Waals surface area contributed by atoms with E-state index in [-0.39, 0.29) is 5.91 Å². The standard InChI is InChI=1S/C10H16N2O/c1-7(8-2-3-8)6-10(13)12(11)9-4-5-9/h6,8-9H,2-5,11H2,1H3/b7-6+. The number of carbonyl (C=O) groups is 1. The summed E-state index contributed by atoms with van der Waals surface area (Å²) in [6.07, 6.45) is 6.32. The van der Waals surface area contributed by atoms with E-state index in [1.807, 2.05) is 6.92 Å². The Morgan fingerprint density at radius 2 is 2.00 bits per heavy atom. The summed E-state index contributed by atoms with van der Waals surface area (Å²) in [5, 5.41) is 1.38. The second kappa shape index (κ2) is 3.14. The van der Waals surface area contributed by atoms with Gasteiger partial charge in [-0.05, 0) is 38.5 Å². The lowest BCUT2D eigenvalue weighted by molar-refractivity contribution is -0.126. The van der Waals surface area contributed by atoms with Gasteiger partial charge in [-0.1, -0.05) is 5.57 Å². The molecule has 0 aliphatic heterocycles. The van der Waals surface area contributed by atoms with E-state index in [9.17, 15) is 4.79 Å². The van der Waals surface area contributed by atoms with Gasteiger partial charge in [0.25, 0.3) is 5.91 Å². The van der Waals surface area contributed by atoms with Crippen molar-refractivity contribution < 1.29 is 4.79 Å². The molecule has 2 rings (SSSR count). The van der Waals surface area contributed by atoms with E-state index in [0.717, 1.165) is 12.8 Å².